The van der Waals surface area contributed by atoms with E-state index >= 15 is 0 Å². The predicted molar refractivity (Wildman–Crippen MR) is 125 cm³/mol. The number of nitrogens with zero attached hydrogens (tertiary/aromatic N) is 4. The maximum Gasteiger partial charge on any atom is 0.433 e. The van der Waals surface area contributed by atoms with Crippen molar-refractivity contribution in [1.82, 2.24) is 4.98 Å². The van der Waals surface area contributed by atoms with Crippen LogP contribution in [-0.2, 0) is 0 Å². The molecule has 0 atom stereocenters. The molecule has 32 heavy (non-hydrogen) atoms. The number of hydrazone groups is 1. The van der Waals surface area contributed by atoms with Crippen LogP contribution in [0.3, 0.4) is 0 Å². The Hall–Kier alpha value is -3.57. The number of anilines is 1. The smallest absolute Gasteiger partial charge is 0.433 e. The number of hydrogen-bond donors (Lipinski definition) is 0. The monoisotopic (exact) mass is 514 g/mol. The molecule has 0 saturated heterocycles. The van der Waals surface area contributed by atoms with Crippen LogP contribution in [0.15, 0.2) is 68.6 Å². The Kier molecular flexibility index (Phi) is 6.28. The van der Waals surface area contributed by atoms with Gasteiger partial charge in [0.15, 0.2) is 5.76 Å². The minimum absolute atomic E-state index is 0.130. The lowest BCUT2D eigenvalue weighted by Crippen LogP contribution is -2.25. The quantitative estimate of drug-likeness (QED) is 0.179. The second-order valence-electron chi connectivity index (χ2n) is 6.36. The lowest BCUT2D eigenvalue weighted by molar-refractivity contribution is -0.402. The number of furan rings is 1. The standard InChI is InChI=1S/C21H15BrN4O5S/c1-2-30-15-6-3-13(4-7-15)20(27)25(23-12-16-8-10-19(31-16)26(28)29)21-24-17-9-5-14(22)11-18(17)32-21/h3-12H,2H2,1H3/b23-12+. The average Bonchev–Trinajstić information content (AvgIpc) is 3.41. The molecule has 2 aromatic heterocycles. The molecule has 0 fully saturated rings. The third kappa shape index (κ3) is 4.68. The molecule has 0 saturated carbocycles. The zero-order valence-electron chi connectivity index (χ0n) is 16.6. The molecule has 4 aromatic rings. The van der Waals surface area contributed by atoms with Crippen molar-refractivity contribution in [3.8, 4) is 5.75 Å². The summed E-state index contributed by atoms with van der Waals surface area (Å²) in [5.74, 6) is -0.0685. The zero-order chi connectivity index (χ0) is 22.7. The fourth-order valence-corrected chi connectivity index (χ4v) is 4.25. The van der Waals surface area contributed by atoms with E-state index in [0.717, 1.165) is 14.2 Å². The van der Waals surface area contributed by atoms with Crippen LogP contribution < -0.4 is 9.75 Å². The Morgan fingerprint density at radius 2 is 2.06 bits per heavy atom. The first-order valence-corrected chi connectivity index (χ1v) is 11.0. The van der Waals surface area contributed by atoms with Gasteiger partial charge in [0.25, 0.3) is 5.91 Å². The summed E-state index contributed by atoms with van der Waals surface area (Å²) in [5.41, 5.74) is 1.08. The van der Waals surface area contributed by atoms with Crippen molar-refractivity contribution in [2.75, 3.05) is 11.6 Å². The van der Waals surface area contributed by atoms with Gasteiger partial charge in [0.05, 0.1) is 29.1 Å². The first kappa shape index (κ1) is 21.7. The molecule has 2 heterocycles. The van der Waals surface area contributed by atoms with Crippen LogP contribution in [-0.4, -0.2) is 28.6 Å². The molecule has 162 valence electrons. The molecular weight excluding hydrogens is 500 g/mol. The molecular formula is C21H15BrN4O5S. The number of ether oxygens (including phenoxy) is 1. The van der Waals surface area contributed by atoms with Crippen molar-refractivity contribution < 1.29 is 18.9 Å². The topological polar surface area (TPSA) is 111 Å². The van der Waals surface area contributed by atoms with E-state index in [1.54, 1.807) is 24.3 Å². The van der Waals surface area contributed by atoms with E-state index in [9.17, 15) is 14.9 Å². The second kappa shape index (κ2) is 9.28. The third-order valence-corrected chi connectivity index (χ3v) is 5.70. The van der Waals surface area contributed by atoms with Crippen LogP contribution in [0, 0.1) is 10.1 Å². The van der Waals surface area contributed by atoms with Crippen LogP contribution in [0.4, 0.5) is 11.0 Å². The average molecular weight is 515 g/mol. The Bertz CT molecular complexity index is 1320. The molecule has 0 aliphatic heterocycles. The van der Waals surface area contributed by atoms with Crippen LogP contribution in [0.25, 0.3) is 10.2 Å². The highest BCUT2D eigenvalue weighted by molar-refractivity contribution is 9.10. The molecule has 0 N–H and O–H groups in total. The van der Waals surface area contributed by atoms with E-state index in [1.807, 2.05) is 25.1 Å². The summed E-state index contributed by atoms with van der Waals surface area (Å²) >= 11 is 4.71. The molecule has 1 amide bonds. The van der Waals surface area contributed by atoms with E-state index in [0.29, 0.717) is 28.6 Å². The summed E-state index contributed by atoms with van der Waals surface area (Å²) in [6.07, 6.45) is 1.24. The highest BCUT2D eigenvalue weighted by atomic mass is 79.9. The van der Waals surface area contributed by atoms with Crippen molar-refractivity contribution in [3.63, 3.8) is 0 Å². The molecule has 4 rings (SSSR count). The largest absolute Gasteiger partial charge is 0.494 e. The van der Waals surface area contributed by atoms with Crippen LogP contribution in [0.2, 0.25) is 0 Å². The van der Waals surface area contributed by atoms with Crippen molar-refractivity contribution in [2.24, 2.45) is 5.10 Å². The molecule has 0 aliphatic rings. The number of nitro groups is 1. The molecule has 0 bridgehead atoms. The number of thiazole rings is 1. The summed E-state index contributed by atoms with van der Waals surface area (Å²) in [7, 11) is 0. The number of aromatic nitrogens is 1. The number of carbonyl (C=O) groups excluding carboxylic acids is 1. The summed E-state index contributed by atoms with van der Waals surface area (Å²) < 4.78 is 12.3. The number of carbonyl (C=O) groups is 1. The summed E-state index contributed by atoms with van der Waals surface area (Å²) in [5, 5.41) is 16.6. The third-order valence-electron chi connectivity index (χ3n) is 4.22. The van der Waals surface area contributed by atoms with Gasteiger partial charge in [0, 0.05) is 10.0 Å². The van der Waals surface area contributed by atoms with E-state index in [1.165, 1.54) is 29.7 Å². The minimum atomic E-state index is -0.647. The van der Waals surface area contributed by atoms with Gasteiger partial charge in [-0.1, -0.05) is 27.3 Å². The van der Waals surface area contributed by atoms with Crippen LogP contribution in [0.5, 0.6) is 5.75 Å². The van der Waals surface area contributed by atoms with Crippen LogP contribution in [0.1, 0.15) is 23.0 Å². The number of fused-ring (bicyclic) bond motifs is 1. The van der Waals surface area contributed by atoms with Gasteiger partial charge in [0.2, 0.25) is 5.13 Å². The molecule has 11 heteroatoms. The first-order valence-electron chi connectivity index (χ1n) is 9.36. The van der Waals surface area contributed by atoms with Crippen LogP contribution >= 0.6 is 27.3 Å². The fraction of sp³-hybridized carbons (Fsp3) is 0.0952. The van der Waals surface area contributed by atoms with E-state index in [4.69, 9.17) is 9.15 Å². The number of benzene rings is 2. The molecule has 2 aromatic carbocycles. The highest BCUT2D eigenvalue weighted by Crippen LogP contribution is 2.32. The molecule has 0 spiro atoms. The van der Waals surface area contributed by atoms with Gasteiger partial charge >= 0.3 is 5.88 Å². The zero-order valence-corrected chi connectivity index (χ0v) is 19.0. The summed E-state index contributed by atoms with van der Waals surface area (Å²) in [6, 6.07) is 14.9. The van der Waals surface area contributed by atoms with Gasteiger partial charge in [-0.25, -0.2) is 4.98 Å². The minimum Gasteiger partial charge on any atom is -0.494 e. The number of amides is 1. The van der Waals surface area contributed by atoms with E-state index in [2.05, 4.69) is 26.0 Å². The molecule has 0 radical (unpaired) electrons. The van der Waals surface area contributed by atoms with Crippen molar-refractivity contribution in [3.05, 3.63) is 80.5 Å². The van der Waals surface area contributed by atoms with Gasteiger partial charge in [-0.05, 0) is 55.5 Å². The summed E-state index contributed by atoms with van der Waals surface area (Å²) in [6.45, 7) is 2.39. The number of rotatable bonds is 7. The molecule has 0 aliphatic carbocycles. The van der Waals surface area contributed by atoms with Crippen molar-refractivity contribution >= 4 is 60.6 Å². The fourth-order valence-electron chi connectivity index (χ4n) is 2.77. The maximum absolute atomic E-state index is 13.3. The van der Waals surface area contributed by atoms with Crippen molar-refractivity contribution in [1.29, 1.82) is 0 Å². The predicted octanol–water partition coefficient (Wildman–Crippen LogP) is 5.64. The van der Waals surface area contributed by atoms with E-state index < -0.39 is 16.7 Å². The Balaban J connectivity index is 1.71. The van der Waals surface area contributed by atoms with Gasteiger partial charge in [0.1, 0.15) is 10.7 Å². The van der Waals surface area contributed by atoms with Gasteiger partial charge < -0.3 is 9.15 Å². The van der Waals surface area contributed by atoms with E-state index in [-0.39, 0.29) is 5.76 Å². The summed E-state index contributed by atoms with van der Waals surface area (Å²) in [4.78, 5) is 28.0. The van der Waals surface area contributed by atoms with Gasteiger partial charge in [-0.3, -0.25) is 14.9 Å². The first-order chi connectivity index (χ1) is 15.4. The maximum atomic E-state index is 13.3. The Morgan fingerprint density at radius 1 is 1.28 bits per heavy atom. The van der Waals surface area contributed by atoms with Gasteiger partial charge in [-0.15, -0.1) is 0 Å². The lowest BCUT2D eigenvalue weighted by atomic mass is 10.2. The SMILES string of the molecule is CCOc1ccc(C(=O)N(/N=C/c2ccc([N+](=O)[O-])o2)c2nc3ccc(Br)cc3s2)cc1. The normalized spacial score (nSPS) is 11.2. The van der Waals surface area contributed by atoms with Gasteiger partial charge in [-0.2, -0.15) is 10.1 Å². The Labute approximate surface area is 194 Å². The highest BCUT2D eigenvalue weighted by Gasteiger charge is 2.22. The number of halogens is 1. The molecule has 0 unspecified atom stereocenters. The molecule has 9 nitrogen and oxygen atoms in total. The Morgan fingerprint density at radius 3 is 2.75 bits per heavy atom. The lowest BCUT2D eigenvalue weighted by Gasteiger charge is -2.14. The number of hydrogen-bond acceptors (Lipinski definition) is 8. The second-order valence-corrected chi connectivity index (χ2v) is 8.29. The van der Waals surface area contributed by atoms with Crippen molar-refractivity contribution in [2.45, 2.75) is 6.92 Å².